The van der Waals surface area contributed by atoms with Crippen LogP contribution in [0.25, 0.3) is 22.9 Å². The normalized spacial score (nSPS) is 11.1. The predicted octanol–water partition coefficient (Wildman–Crippen LogP) is 5.93. The lowest BCUT2D eigenvalue weighted by Crippen LogP contribution is -1.96. The summed E-state index contributed by atoms with van der Waals surface area (Å²) >= 11 is 7.73. The highest BCUT2D eigenvalue weighted by Crippen LogP contribution is 2.37. The highest BCUT2D eigenvalue weighted by atomic mass is 35.5. The molecule has 0 saturated heterocycles. The molecule has 3 rings (SSSR count). The Morgan fingerprint density at radius 2 is 2.07 bits per heavy atom. The van der Waals surface area contributed by atoms with Gasteiger partial charge < -0.3 is 9.47 Å². The molecule has 0 unspecified atom stereocenters. The Morgan fingerprint density at radius 1 is 1.30 bits per heavy atom. The van der Waals surface area contributed by atoms with Crippen LogP contribution in [-0.4, -0.2) is 18.7 Å². The Bertz CT molecular complexity index is 1010. The van der Waals surface area contributed by atoms with Crippen LogP contribution >= 0.6 is 22.9 Å². The maximum Gasteiger partial charge on any atom is 0.179 e. The van der Waals surface area contributed by atoms with E-state index in [-0.39, 0.29) is 0 Å². The molecule has 0 bridgehead atoms. The first kappa shape index (κ1) is 19.0. The van der Waals surface area contributed by atoms with Crippen LogP contribution in [0.5, 0.6) is 11.5 Å². The van der Waals surface area contributed by atoms with Crippen molar-refractivity contribution in [2.75, 3.05) is 13.7 Å². The van der Waals surface area contributed by atoms with Gasteiger partial charge in [0.05, 0.1) is 30.0 Å². The van der Waals surface area contributed by atoms with E-state index in [1.54, 1.807) is 25.3 Å². The number of allylic oxidation sites excluding steroid dienone is 1. The molecule has 0 aliphatic carbocycles. The standard InChI is InChI=1S/C21H17ClN2O2S/c1-3-26-19-11-14(10-17(22)20(19)25-2)9-16(12-23)21-24-18(13-27-21)15-7-5-4-6-8-15/h4-11,13H,3H2,1-2H3/b16-9-. The van der Waals surface area contributed by atoms with Gasteiger partial charge >= 0.3 is 0 Å². The number of nitriles is 1. The molecule has 0 aliphatic heterocycles. The molecule has 0 spiro atoms. The lowest BCUT2D eigenvalue weighted by molar-refractivity contribution is 0.311. The maximum absolute atomic E-state index is 9.62. The second-order valence-electron chi connectivity index (χ2n) is 5.54. The molecule has 0 fully saturated rings. The van der Waals surface area contributed by atoms with E-state index >= 15 is 0 Å². The zero-order valence-electron chi connectivity index (χ0n) is 14.9. The van der Waals surface area contributed by atoms with Gasteiger partial charge in [-0.05, 0) is 30.7 Å². The van der Waals surface area contributed by atoms with Crippen LogP contribution in [0.4, 0.5) is 0 Å². The van der Waals surface area contributed by atoms with Gasteiger partial charge in [-0.25, -0.2) is 4.98 Å². The fraction of sp³-hybridized carbons (Fsp3) is 0.143. The average Bonchev–Trinajstić information content (AvgIpc) is 3.17. The van der Waals surface area contributed by atoms with Crippen molar-refractivity contribution >= 4 is 34.6 Å². The minimum Gasteiger partial charge on any atom is -0.491 e. The second-order valence-corrected chi connectivity index (χ2v) is 6.81. The van der Waals surface area contributed by atoms with Crippen molar-refractivity contribution < 1.29 is 9.47 Å². The molecule has 0 N–H and O–H groups in total. The fourth-order valence-corrected chi connectivity index (χ4v) is 3.67. The molecule has 2 aromatic carbocycles. The summed E-state index contributed by atoms with van der Waals surface area (Å²) in [6, 6.07) is 15.6. The van der Waals surface area contributed by atoms with Crippen molar-refractivity contribution in [1.82, 2.24) is 4.98 Å². The third kappa shape index (κ3) is 4.30. The van der Waals surface area contributed by atoms with Crippen molar-refractivity contribution in [3.05, 3.63) is 63.4 Å². The summed E-state index contributed by atoms with van der Waals surface area (Å²) in [7, 11) is 1.54. The average molecular weight is 397 g/mol. The summed E-state index contributed by atoms with van der Waals surface area (Å²) in [5.74, 6) is 1.02. The summed E-state index contributed by atoms with van der Waals surface area (Å²) in [4.78, 5) is 4.60. The largest absolute Gasteiger partial charge is 0.491 e. The fourth-order valence-electron chi connectivity index (χ4n) is 2.58. The number of methoxy groups -OCH3 is 1. The summed E-state index contributed by atoms with van der Waals surface area (Å²) in [5, 5.41) is 12.7. The number of thiazole rings is 1. The van der Waals surface area contributed by atoms with Gasteiger partial charge in [-0.3, -0.25) is 0 Å². The molecule has 1 heterocycles. The Morgan fingerprint density at radius 3 is 2.74 bits per heavy atom. The predicted molar refractivity (Wildman–Crippen MR) is 110 cm³/mol. The van der Waals surface area contributed by atoms with Crippen LogP contribution in [0.1, 0.15) is 17.5 Å². The number of halogens is 1. The molecule has 0 saturated carbocycles. The van der Waals surface area contributed by atoms with Gasteiger partial charge in [0.15, 0.2) is 11.5 Å². The first-order valence-corrected chi connectivity index (χ1v) is 9.55. The molecular formula is C21H17ClN2O2S. The van der Waals surface area contributed by atoms with E-state index in [0.29, 0.717) is 33.7 Å². The smallest absolute Gasteiger partial charge is 0.179 e. The zero-order valence-corrected chi connectivity index (χ0v) is 16.5. The second kappa shape index (κ2) is 8.72. The van der Waals surface area contributed by atoms with Crippen LogP contribution in [0.3, 0.4) is 0 Å². The van der Waals surface area contributed by atoms with E-state index < -0.39 is 0 Å². The van der Waals surface area contributed by atoms with E-state index in [4.69, 9.17) is 21.1 Å². The summed E-state index contributed by atoms with van der Waals surface area (Å²) in [6.45, 7) is 2.37. The van der Waals surface area contributed by atoms with Crippen molar-refractivity contribution in [3.63, 3.8) is 0 Å². The van der Waals surface area contributed by atoms with E-state index in [9.17, 15) is 5.26 Å². The minimum atomic E-state index is 0.427. The molecule has 4 nitrogen and oxygen atoms in total. The van der Waals surface area contributed by atoms with Crippen molar-refractivity contribution in [2.45, 2.75) is 6.92 Å². The van der Waals surface area contributed by atoms with Crippen LogP contribution in [0.2, 0.25) is 5.02 Å². The highest BCUT2D eigenvalue weighted by Gasteiger charge is 2.13. The number of hydrogen-bond donors (Lipinski definition) is 0. The lowest BCUT2D eigenvalue weighted by atomic mass is 10.1. The molecule has 1 aromatic heterocycles. The van der Waals surface area contributed by atoms with Crippen LogP contribution in [0.15, 0.2) is 47.8 Å². The van der Waals surface area contributed by atoms with Gasteiger partial charge in [-0.1, -0.05) is 41.9 Å². The van der Waals surface area contributed by atoms with E-state index in [2.05, 4.69) is 11.1 Å². The van der Waals surface area contributed by atoms with E-state index in [1.165, 1.54) is 11.3 Å². The molecule has 3 aromatic rings. The summed E-state index contributed by atoms with van der Waals surface area (Å²) in [6.07, 6.45) is 1.75. The molecule has 0 atom stereocenters. The topological polar surface area (TPSA) is 55.1 Å². The van der Waals surface area contributed by atoms with Crippen molar-refractivity contribution in [2.24, 2.45) is 0 Å². The van der Waals surface area contributed by atoms with Gasteiger partial charge in [0, 0.05) is 10.9 Å². The van der Waals surface area contributed by atoms with Gasteiger partial charge in [0.1, 0.15) is 11.1 Å². The third-order valence-electron chi connectivity index (χ3n) is 3.77. The maximum atomic E-state index is 9.62. The van der Waals surface area contributed by atoms with Crippen molar-refractivity contribution in [3.8, 4) is 28.8 Å². The third-order valence-corrected chi connectivity index (χ3v) is 4.93. The Balaban J connectivity index is 1.98. The van der Waals surface area contributed by atoms with Gasteiger partial charge in [-0.2, -0.15) is 5.26 Å². The number of benzene rings is 2. The number of nitrogens with zero attached hydrogens (tertiary/aromatic N) is 2. The van der Waals surface area contributed by atoms with E-state index in [1.807, 2.05) is 42.6 Å². The van der Waals surface area contributed by atoms with Crippen molar-refractivity contribution in [1.29, 1.82) is 5.26 Å². The Kier molecular flexibility index (Phi) is 6.12. The van der Waals surface area contributed by atoms with Gasteiger partial charge in [0.2, 0.25) is 0 Å². The molecule has 27 heavy (non-hydrogen) atoms. The SMILES string of the molecule is CCOc1cc(/C=C(/C#N)c2nc(-c3ccccc3)cs2)cc(Cl)c1OC. The Labute approximate surface area is 167 Å². The Hall–Kier alpha value is -2.81. The minimum absolute atomic E-state index is 0.427. The van der Waals surface area contributed by atoms with Crippen LogP contribution < -0.4 is 9.47 Å². The quantitative estimate of drug-likeness (QED) is 0.484. The molecule has 0 aliphatic rings. The number of aromatic nitrogens is 1. The molecular weight excluding hydrogens is 380 g/mol. The van der Waals surface area contributed by atoms with Crippen LogP contribution in [-0.2, 0) is 0 Å². The summed E-state index contributed by atoms with van der Waals surface area (Å²) < 4.78 is 10.9. The van der Waals surface area contributed by atoms with Gasteiger partial charge in [0.25, 0.3) is 0 Å². The molecule has 6 heteroatoms. The highest BCUT2D eigenvalue weighted by molar-refractivity contribution is 7.11. The van der Waals surface area contributed by atoms with Gasteiger partial charge in [-0.15, -0.1) is 11.3 Å². The monoisotopic (exact) mass is 396 g/mol. The summed E-state index contributed by atoms with van der Waals surface area (Å²) in [5.41, 5.74) is 3.08. The number of hydrogen-bond acceptors (Lipinski definition) is 5. The zero-order chi connectivity index (χ0) is 19.2. The molecule has 0 radical (unpaired) electrons. The first-order chi connectivity index (χ1) is 13.2. The molecule has 0 amide bonds. The molecule has 136 valence electrons. The number of ether oxygens (including phenoxy) is 2. The number of rotatable bonds is 6. The van der Waals surface area contributed by atoms with Crippen LogP contribution in [0, 0.1) is 11.3 Å². The van der Waals surface area contributed by atoms with E-state index in [0.717, 1.165) is 16.8 Å². The lowest BCUT2D eigenvalue weighted by Gasteiger charge is -2.11. The first-order valence-electron chi connectivity index (χ1n) is 8.29.